The van der Waals surface area contributed by atoms with Crippen LogP contribution >= 0.6 is 24.0 Å². The molecule has 0 aliphatic carbocycles. The Kier molecular flexibility index (Phi) is 9.51. The Balaban J connectivity index is 0.00000320. The molecule has 0 aromatic heterocycles. The van der Waals surface area contributed by atoms with Crippen molar-refractivity contribution in [3.8, 4) is 0 Å². The Bertz CT molecular complexity index is 858. The van der Waals surface area contributed by atoms with Crippen LogP contribution in [0.15, 0.2) is 53.5 Å². The Morgan fingerprint density at radius 2 is 2.00 bits per heavy atom. The van der Waals surface area contributed by atoms with Gasteiger partial charge in [0.25, 0.3) is 5.69 Å². The van der Waals surface area contributed by atoms with Gasteiger partial charge in [-0.25, -0.2) is 0 Å². The molecule has 1 aliphatic rings. The van der Waals surface area contributed by atoms with Crippen molar-refractivity contribution in [2.24, 2.45) is 10.9 Å². The molecule has 0 bridgehead atoms. The number of guanidine groups is 1. The smallest absolute Gasteiger partial charge is 0.269 e. The lowest BCUT2D eigenvalue weighted by molar-refractivity contribution is -0.384. The molecule has 7 nitrogen and oxygen atoms in total. The third-order valence-corrected chi connectivity index (χ3v) is 5.19. The Morgan fingerprint density at radius 1 is 1.23 bits per heavy atom. The second-order valence-corrected chi connectivity index (χ2v) is 7.34. The number of halogens is 1. The molecule has 3 rings (SSSR count). The van der Waals surface area contributed by atoms with Crippen molar-refractivity contribution in [2.75, 3.05) is 20.2 Å². The first-order chi connectivity index (χ1) is 14.1. The van der Waals surface area contributed by atoms with Gasteiger partial charge in [0.1, 0.15) is 0 Å². The predicted molar refractivity (Wildman–Crippen MR) is 129 cm³/mol. The van der Waals surface area contributed by atoms with Crippen molar-refractivity contribution >= 4 is 35.6 Å². The van der Waals surface area contributed by atoms with E-state index in [9.17, 15) is 10.1 Å². The summed E-state index contributed by atoms with van der Waals surface area (Å²) in [5.74, 6) is 1.02. The van der Waals surface area contributed by atoms with Crippen LogP contribution in [0.2, 0.25) is 0 Å². The summed E-state index contributed by atoms with van der Waals surface area (Å²) in [6.07, 6.45) is 2.22. The lowest BCUT2D eigenvalue weighted by atomic mass is 9.89. The summed E-state index contributed by atoms with van der Waals surface area (Å²) in [7, 11) is 1.72. The second kappa shape index (κ2) is 11.8. The van der Waals surface area contributed by atoms with Crippen LogP contribution in [0.4, 0.5) is 5.69 Å². The van der Waals surface area contributed by atoms with E-state index in [2.05, 4.69) is 46.8 Å². The van der Waals surface area contributed by atoms with Gasteiger partial charge in [0.05, 0.1) is 11.0 Å². The quantitative estimate of drug-likeness (QED) is 0.193. The van der Waals surface area contributed by atoms with Crippen LogP contribution in [0.5, 0.6) is 0 Å². The highest BCUT2D eigenvalue weighted by Crippen LogP contribution is 2.33. The first-order valence-electron chi connectivity index (χ1n) is 9.93. The maximum atomic E-state index is 10.9. The summed E-state index contributed by atoms with van der Waals surface area (Å²) in [6, 6.07) is 15.1. The maximum Gasteiger partial charge on any atom is 0.269 e. The van der Waals surface area contributed by atoms with E-state index in [1.165, 1.54) is 17.2 Å². The van der Waals surface area contributed by atoms with E-state index in [1.54, 1.807) is 19.2 Å². The molecule has 8 heteroatoms. The standard InChI is InChI=1S/C22H28N4O3.HI/c1-16-8-10-18(11-9-16)21-19(6-4-12-29-21)15-25-22(23-2)24-14-17-5-3-7-20(13-17)26(27)28;/h3,5,7-11,13,19,21H,4,6,12,14-15H2,1-2H3,(H2,23,24,25);1H. The number of hydrogen-bond donors (Lipinski definition) is 2. The summed E-state index contributed by atoms with van der Waals surface area (Å²) < 4.78 is 6.08. The summed E-state index contributed by atoms with van der Waals surface area (Å²) in [6.45, 7) is 4.08. The molecule has 30 heavy (non-hydrogen) atoms. The minimum atomic E-state index is -0.384. The van der Waals surface area contributed by atoms with Gasteiger partial charge in [-0.05, 0) is 30.9 Å². The lowest BCUT2D eigenvalue weighted by Crippen LogP contribution is -2.41. The van der Waals surface area contributed by atoms with Crippen molar-refractivity contribution < 1.29 is 9.66 Å². The molecular weight excluding hydrogens is 495 g/mol. The van der Waals surface area contributed by atoms with Crippen molar-refractivity contribution in [3.63, 3.8) is 0 Å². The number of nitrogens with one attached hydrogen (secondary N) is 2. The van der Waals surface area contributed by atoms with Crippen LogP contribution in [-0.4, -0.2) is 31.1 Å². The highest BCUT2D eigenvalue weighted by Gasteiger charge is 2.27. The van der Waals surface area contributed by atoms with Gasteiger partial charge in [-0.2, -0.15) is 0 Å². The molecule has 2 atom stereocenters. The first kappa shape index (κ1) is 24.1. The zero-order valence-electron chi connectivity index (χ0n) is 17.3. The van der Waals surface area contributed by atoms with Gasteiger partial charge in [0, 0.05) is 44.8 Å². The molecular formula is C22H29IN4O3. The van der Waals surface area contributed by atoms with Gasteiger partial charge in [-0.15, -0.1) is 24.0 Å². The molecule has 0 saturated carbocycles. The monoisotopic (exact) mass is 524 g/mol. The van der Waals surface area contributed by atoms with Gasteiger partial charge in [-0.1, -0.05) is 42.0 Å². The third-order valence-electron chi connectivity index (χ3n) is 5.19. The van der Waals surface area contributed by atoms with Gasteiger partial charge in [0.15, 0.2) is 5.96 Å². The van der Waals surface area contributed by atoms with E-state index in [1.807, 2.05) is 6.07 Å². The number of ether oxygens (including phenoxy) is 1. The zero-order chi connectivity index (χ0) is 20.6. The number of hydrogen-bond acceptors (Lipinski definition) is 4. The lowest BCUT2D eigenvalue weighted by Gasteiger charge is -2.32. The van der Waals surface area contributed by atoms with Crippen molar-refractivity contribution in [1.82, 2.24) is 10.6 Å². The van der Waals surface area contributed by atoms with E-state index < -0.39 is 0 Å². The van der Waals surface area contributed by atoms with Crippen LogP contribution in [0.1, 0.15) is 35.6 Å². The molecule has 0 amide bonds. The SMILES string of the molecule is CN=C(NCc1cccc([N+](=O)[O-])c1)NCC1CCCOC1c1ccc(C)cc1.I. The summed E-state index contributed by atoms with van der Waals surface area (Å²) >= 11 is 0. The van der Waals surface area contributed by atoms with Crippen molar-refractivity contribution in [1.29, 1.82) is 0 Å². The molecule has 1 saturated heterocycles. The van der Waals surface area contributed by atoms with Crippen molar-refractivity contribution in [3.05, 3.63) is 75.3 Å². The molecule has 1 fully saturated rings. The normalized spacial score (nSPS) is 18.9. The summed E-state index contributed by atoms with van der Waals surface area (Å²) in [5, 5.41) is 17.5. The van der Waals surface area contributed by atoms with Crippen molar-refractivity contribution in [2.45, 2.75) is 32.4 Å². The number of nitro groups is 1. The molecule has 2 N–H and O–H groups in total. The number of nitrogens with zero attached hydrogens (tertiary/aromatic N) is 2. The van der Waals surface area contributed by atoms with Gasteiger partial charge in [-0.3, -0.25) is 15.1 Å². The van der Waals surface area contributed by atoms with Gasteiger partial charge in [0.2, 0.25) is 0 Å². The fraction of sp³-hybridized carbons (Fsp3) is 0.409. The maximum absolute atomic E-state index is 10.9. The minimum Gasteiger partial charge on any atom is -0.373 e. The number of aryl methyl sites for hydroxylation is 1. The van der Waals surface area contributed by atoms with E-state index in [-0.39, 0.29) is 40.7 Å². The Hall–Kier alpha value is -2.20. The molecule has 162 valence electrons. The first-order valence-corrected chi connectivity index (χ1v) is 9.93. The van der Waals surface area contributed by atoms with Crippen LogP contribution in [0.3, 0.4) is 0 Å². The fourth-order valence-corrected chi connectivity index (χ4v) is 3.59. The number of nitro benzene ring substituents is 1. The fourth-order valence-electron chi connectivity index (χ4n) is 3.59. The average Bonchev–Trinajstić information content (AvgIpc) is 2.75. The molecule has 0 spiro atoms. The number of benzene rings is 2. The number of non-ortho nitro benzene ring substituents is 1. The minimum absolute atomic E-state index is 0. The topological polar surface area (TPSA) is 88.8 Å². The average molecular weight is 524 g/mol. The molecule has 2 unspecified atom stereocenters. The van der Waals surface area contributed by atoms with Crippen LogP contribution in [-0.2, 0) is 11.3 Å². The third kappa shape index (κ3) is 6.66. The highest BCUT2D eigenvalue weighted by atomic mass is 127. The summed E-state index contributed by atoms with van der Waals surface area (Å²) in [4.78, 5) is 14.8. The van der Waals surface area contributed by atoms with Crippen LogP contribution < -0.4 is 10.6 Å². The zero-order valence-corrected chi connectivity index (χ0v) is 19.7. The van der Waals surface area contributed by atoms with Gasteiger partial charge < -0.3 is 15.4 Å². The summed E-state index contributed by atoms with van der Waals surface area (Å²) in [5.41, 5.74) is 3.37. The van der Waals surface area contributed by atoms with Gasteiger partial charge >= 0.3 is 0 Å². The Morgan fingerprint density at radius 3 is 2.70 bits per heavy atom. The molecule has 0 radical (unpaired) electrons. The van der Waals surface area contributed by atoms with Crippen LogP contribution in [0, 0.1) is 23.0 Å². The highest BCUT2D eigenvalue weighted by molar-refractivity contribution is 14.0. The second-order valence-electron chi connectivity index (χ2n) is 7.34. The van der Waals surface area contributed by atoms with E-state index >= 15 is 0 Å². The largest absolute Gasteiger partial charge is 0.373 e. The molecule has 1 aliphatic heterocycles. The molecule has 2 aromatic carbocycles. The number of aliphatic imine (C=N–C) groups is 1. The van der Waals surface area contributed by atoms with Crippen LogP contribution in [0.25, 0.3) is 0 Å². The van der Waals surface area contributed by atoms with E-state index in [0.717, 1.165) is 31.6 Å². The molecule has 2 aromatic rings. The molecule has 1 heterocycles. The van der Waals surface area contributed by atoms with E-state index in [4.69, 9.17) is 4.74 Å². The predicted octanol–water partition coefficient (Wildman–Crippen LogP) is 4.35. The Labute approximate surface area is 194 Å². The number of rotatable bonds is 6. The van der Waals surface area contributed by atoms with E-state index in [0.29, 0.717) is 18.4 Å².